The molecule has 26 heavy (non-hydrogen) atoms. The van der Waals surface area contributed by atoms with Gasteiger partial charge in [-0.3, -0.25) is 9.36 Å². The molecule has 138 valence electrons. The summed E-state index contributed by atoms with van der Waals surface area (Å²) >= 11 is 5.95. The Balaban J connectivity index is 1.64. The minimum Gasteiger partial charge on any atom is -0.383 e. The SMILES string of the molecule is Cn1c(N2CCC3(CCCC3)CC2)nc(N)c(-c2ccc(Cl)cc2)c1=O. The van der Waals surface area contributed by atoms with Crippen LogP contribution >= 0.6 is 11.6 Å². The number of halogens is 1. The predicted octanol–water partition coefficient (Wildman–Crippen LogP) is 3.84. The van der Waals surface area contributed by atoms with Crippen molar-refractivity contribution < 1.29 is 0 Å². The summed E-state index contributed by atoms with van der Waals surface area (Å²) in [6, 6.07) is 7.13. The highest BCUT2D eigenvalue weighted by atomic mass is 35.5. The standard InChI is InChI=1S/C20H25ClN4O/c1-24-18(26)16(14-4-6-15(21)7-5-14)17(22)23-19(24)25-12-10-20(11-13-25)8-2-3-9-20/h4-7H,2-3,8-13,22H2,1H3. The molecule has 2 aliphatic rings. The number of rotatable bonds is 2. The molecule has 0 atom stereocenters. The first-order valence-electron chi connectivity index (χ1n) is 9.37. The Bertz CT molecular complexity index is 859. The van der Waals surface area contributed by atoms with Gasteiger partial charge in [-0.2, -0.15) is 4.98 Å². The third kappa shape index (κ3) is 2.98. The molecule has 5 nitrogen and oxygen atoms in total. The molecule has 4 rings (SSSR count). The number of aromatic nitrogens is 2. The summed E-state index contributed by atoms with van der Waals surface area (Å²) in [6.07, 6.45) is 7.79. The Labute approximate surface area is 158 Å². The summed E-state index contributed by atoms with van der Waals surface area (Å²) in [7, 11) is 1.78. The Morgan fingerprint density at radius 1 is 1.08 bits per heavy atom. The van der Waals surface area contributed by atoms with E-state index in [1.165, 1.54) is 38.5 Å². The maximum atomic E-state index is 13.0. The number of piperidine rings is 1. The average Bonchev–Trinajstić information content (AvgIpc) is 3.09. The lowest BCUT2D eigenvalue weighted by molar-refractivity contribution is 0.225. The minimum absolute atomic E-state index is 0.115. The molecule has 6 heteroatoms. The van der Waals surface area contributed by atoms with E-state index in [1.807, 2.05) is 12.1 Å². The van der Waals surface area contributed by atoms with Crippen LogP contribution in [0.1, 0.15) is 38.5 Å². The van der Waals surface area contributed by atoms with Crippen LogP contribution in [0, 0.1) is 5.41 Å². The van der Waals surface area contributed by atoms with E-state index in [0.717, 1.165) is 18.7 Å². The number of hydrogen-bond acceptors (Lipinski definition) is 4. The molecule has 1 aliphatic heterocycles. The van der Waals surface area contributed by atoms with Gasteiger partial charge < -0.3 is 10.6 Å². The molecular formula is C20H25ClN4O. The third-order valence-electron chi connectivity index (χ3n) is 6.20. The highest BCUT2D eigenvalue weighted by molar-refractivity contribution is 6.30. The first-order chi connectivity index (χ1) is 12.5. The monoisotopic (exact) mass is 372 g/mol. The molecule has 0 unspecified atom stereocenters. The van der Waals surface area contributed by atoms with E-state index in [0.29, 0.717) is 21.9 Å². The van der Waals surface area contributed by atoms with Crippen molar-refractivity contribution in [3.8, 4) is 11.1 Å². The summed E-state index contributed by atoms with van der Waals surface area (Å²) in [6.45, 7) is 1.89. The van der Waals surface area contributed by atoms with Gasteiger partial charge in [0.1, 0.15) is 5.82 Å². The van der Waals surface area contributed by atoms with E-state index in [2.05, 4.69) is 9.88 Å². The first-order valence-corrected chi connectivity index (χ1v) is 9.74. The van der Waals surface area contributed by atoms with Gasteiger partial charge in [-0.15, -0.1) is 0 Å². The fraction of sp³-hybridized carbons (Fsp3) is 0.500. The number of nitrogens with two attached hydrogens (primary N) is 1. The van der Waals surface area contributed by atoms with Gasteiger partial charge in [0.05, 0.1) is 5.56 Å². The molecule has 1 aromatic carbocycles. The number of nitrogens with zero attached hydrogens (tertiary/aromatic N) is 3. The van der Waals surface area contributed by atoms with Crippen LogP contribution in [0.2, 0.25) is 5.02 Å². The molecule has 2 fully saturated rings. The highest BCUT2D eigenvalue weighted by Gasteiger charge is 2.37. The van der Waals surface area contributed by atoms with Gasteiger partial charge in [0.25, 0.3) is 5.56 Å². The van der Waals surface area contributed by atoms with Gasteiger partial charge in [-0.25, -0.2) is 0 Å². The number of anilines is 2. The Kier molecular flexibility index (Phi) is 4.43. The second kappa shape index (κ2) is 6.62. The molecule has 1 saturated carbocycles. The van der Waals surface area contributed by atoms with Crippen molar-refractivity contribution in [1.29, 1.82) is 0 Å². The van der Waals surface area contributed by atoms with Crippen LogP contribution in [0.3, 0.4) is 0 Å². The van der Waals surface area contributed by atoms with Crippen molar-refractivity contribution >= 4 is 23.4 Å². The van der Waals surface area contributed by atoms with Crippen LogP contribution in [0.5, 0.6) is 0 Å². The highest BCUT2D eigenvalue weighted by Crippen LogP contribution is 2.46. The van der Waals surface area contributed by atoms with Gasteiger partial charge in [0.2, 0.25) is 5.95 Å². The molecule has 0 amide bonds. The van der Waals surface area contributed by atoms with Crippen LogP contribution in [-0.2, 0) is 7.05 Å². The van der Waals surface area contributed by atoms with Crippen molar-refractivity contribution in [3.63, 3.8) is 0 Å². The third-order valence-corrected chi connectivity index (χ3v) is 6.45. The van der Waals surface area contributed by atoms with Crippen LogP contribution in [-0.4, -0.2) is 22.6 Å². The van der Waals surface area contributed by atoms with Crippen molar-refractivity contribution in [2.24, 2.45) is 12.5 Å². The molecular weight excluding hydrogens is 348 g/mol. The molecule has 1 aliphatic carbocycles. The van der Waals surface area contributed by atoms with E-state index in [1.54, 1.807) is 23.7 Å². The van der Waals surface area contributed by atoms with Crippen LogP contribution in [0.25, 0.3) is 11.1 Å². The van der Waals surface area contributed by atoms with Crippen LogP contribution < -0.4 is 16.2 Å². The van der Waals surface area contributed by atoms with E-state index in [-0.39, 0.29) is 11.4 Å². The van der Waals surface area contributed by atoms with Crippen LogP contribution in [0.4, 0.5) is 11.8 Å². The zero-order valence-corrected chi connectivity index (χ0v) is 15.9. The molecule has 1 aromatic heterocycles. The van der Waals surface area contributed by atoms with E-state index >= 15 is 0 Å². The molecule has 1 spiro atoms. The van der Waals surface area contributed by atoms with Gasteiger partial charge in [-0.1, -0.05) is 36.6 Å². The van der Waals surface area contributed by atoms with Crippen LogP contribution in [0.15, 0.2) is 29.1 Å². The smallest absolute Gasteiger partial charge is 0.264 e. The molecule has 0 radical (unpaired) electrons. The fourth-order valence-electron chi connectivity index (χ4n) is 4.58. The molecule has 1 saturated heterocycles. The van der Waals surface area contributed by atoms with Crippen molar-refractivity contribution in [2.75, 3.05) is 23.7 Å². The van der Waals surface area contributed by atoms with Crippen molar-refractivity contribution in [3.05, 3.63) is 39.6 Å². The Morgan fingerprint density at radius 2 is 1.69 bits per heavy atom. The summed E-state index contributed by atoms with van der Waals surface area (Å²) in [5.41, 5.74) is 7.80. The second-order valence-corrected chi connectivity index (χ2v) is 8.17. The number of nitrogen functional groups attached to an aromatic ring is 1. The topological polar surface area (TPSA) is 64.2 Å². The maximum absolute atomic E-state index is 13.0. The van der Waals surface area contributed by atoms with Crippen molar-refractivity contribution in [1.82, 2.24) is 9.55 Å². The Morgan fingerprint density at radius 3 is 2.31 bits per heavy atom. The van der Waals surface area contributed by atoms with E-state index in [9.17, 15) is 4.79 Å². The lowest BCUT2D eigenvalue weighted by atomic mass is 9.77. The molecule has 0 bridgehead atoms. The first kappa shape index (κ1) is 17.4. The van der Waals surface area contributed by atoms with Gasteiger partial charge in [0, 0.05) is 25.2 Å². The van der Waals surface area contributed by atoms with Gasteiger partial charge in [0.15, 0.2) is 0 Å². The van der Waals surface area contributed by atoms with Crippen molar-refractivity contribution in [2.45, 2.75) is 38.5 Å². The summed E-state index contributed by atoms with van der Waals surface area (Å²) in [4.78, 5) is 19.8. The molecule has 2 aromatic rings. The second-order valence-electron chi connectivity index (χ2n) is 7.74. The zero-order valence-electron chi connectivity index (χ0n) is 15.2. The maximum Gasteiger partial charge on any atom is 0.264 e. The van der Waals surface area contributed by atoms with Gasteiger partial charge >= 0.3 is 0 Å². The Hall–Kier alpha value is -2.01. The summed E-state index contributed by atoms with van der Waals surface area (Å²) in [5.74, 6) is 0.963. The lowest BCUT2D eigenvalue weighted by Gasteiger charge is -2.40. The average molecular weight is 373 g/mol. The van der Waals surface area contributed by atoms with E-state index < -0.39 is 0 Å². The number of benzene rings is 1. The quantitative estimate of drug-likeness (QED) is 0.869. The van der Waals surface area contributed by atoms with E-state index in [4.69, 9.17) is 17.3 Å². The normalized spacial score (nSPS) is 19.2. The largest absolute Gasteiger partial charge is 0.383 e. The summed E-state index contributed by atoms with van der Waals surface area (Å²) < 4.78 is 1.63. The molecule has 2 N–H and O–H groups in total. The minimum atomic E-state index is -0.115. The predicted molar refractivity (Wildman–Crippen MR) is 107 cm³/mol. The fourth-order valence-corrected chi connectivity index (χ4v) is 4.71. The number of hydrogen-bond donors (Lipinski definition) is 1. The zero-order chi connectivity index (χ0) is 18.3. The summed E-state index contributed by atoms with van der Waals surface area (Å²) in [5, 5.41) is 0.628. The lowest BCUT2D eigenvalue weighted by Crippen LogP contribution is -2.42. The molecule has 2 heterocycles. The van der Waals surface area contributed by atoms with Gasteiger partial charge in [-0.05, 0) is 48.8 Å².